The monoisotopic (exact) mass is 645 g/mol. The van der Waals surface area contributed by atoms with Crippen LogP contribution in [0.5, 0.6) is 23.1 Å². The molecule has 0 aliphatic heterocycles. The third kappa shape index (κ3) is 8.27. The summed E-state index contributed by atoms with van der Waals surface area (Å²) in [6, 6.07) is 28.1. The number of ether oxygens (including phenoxy) is 3. The van der Waals surface area contributed by atoms with Crippen molar-refractivity contribution in [1.82, 2.24) is 25.0 Å². The zero-order valence-electron chi connectivity index (χ0n) is 27.8. The Kier molecular flexibility index (Phi) is 10.9. The summed E-state index contributed by atoms with van der Waals surface area (Å²) in [6.07, 6.45) is 4.19. The van der Waals surface area contributed by atoms with Gasteiger partial charge in [0, 0.05) is 43.9 Å². The third-order valence-corrected chi connectivity index (χ3v) is 7.63. The number of aromatic nitrogens is 3. The van der Waals surface area contributed by atoms with Crippen LogP contribution in [0.3, 0.4) is 0 Å². The van der Waals surface area contributed by atoms with E-state index >= 15 is 0 Å². The van der Waals surface area contributed by atoms with Gasteiger partial charge in [-0.05, 0) is 79.1 Å². The van der Waals surface area contributed by atoms with E-state index in [1.165, 1.54) is 4.90 Å². The van der Waals surface area contributed by atoms with Gasteiger partial charge in [0.1, 0.15) is 17.2 Å². The van der Waals surface area contributed by atoms with Crippen LogP contribution in [0.25, 0.3) is 17.3 Å². The van der Waals surface area contributed by atoms with E-state index in [0.717, 1.165) is 28.2 Å². The van der Waals surface area contributed by atoms with Crippen molar-refractivity contribution in [2.45, 2.75) is 26.3 Å². The SMILES string of the molecule is COc1cc(C=C(C(=O)N(C)C)c2ccc(Oc3c(CCC(=O)NCc4ccccn4)c(C)nn3-c3ccccc3)cc2)cc(OC)c1. The molecule has 10 heteroatoms. The summed E-state index contributed by atoms with van der Waals surface area (Å²) in [7, 11) is 6.60. The Morgan fingerprint density at radius 1 is 0.875 bits per heavy atom. The Morgan fingerprint density at radius 3 is 2.19 bits per heavy atom. The van der Waals surface area contributed by atoms with Gasteiger partial charge in [-0.2, -0.15) is 5.10 Å². The van der Waals surface area contributed by atoms with Gasteiger partial charge >= 0.3 is 0 Å². The number of para-hydroxylation sites is 1. The number of amides is 2. The lowest BCUT2D eigenvalue weighted by Crippen LogP contribution is -2.23. The van der Waals surface area contributed by atoms with Gasteiger partial charge in [-0.3, -0.25) is 14.6 Å². The van der Waals surface area contributed by atoms with Crippen LogP contribution in [0.4, 0.5) is 0 Å². The summed E-state index contributed by atoms with van der Waals surface area (Å²) in [5.74, 6) is 2.05. The summed E-state index contributed by atoms with van der Waals surface area (Å²) < 4.78 is 19.1. The lowest BCUT2D eigenvalue weighted by Gasteiger charge is -2.16. The molecule has 2 heterocycles. The highest BCUT2D eigenvalue weighted by Gasteiger charge is 2.21. The van der Waals surface area contributed by atoms with Crippen LogP contribution in [0, 0.1) is 6.92 Å². The van der Waals surface area contributed by atoms with E-state index in [1.807, 2.05) is 97.9 Å². The summed E-state index contributed by atoms with van der Waals surface area (Å²) in [4.78, 5) is 32.0. The van der Waals surface area contributed by atoms with E-state index in [4.69, 9.17) is 19.3 Å². The first kappa shape index (κ1) is 33.5. The van der Waals surface area contributed by atoms with Gasteiger partial charge in [-0.15, -0.1) is 0 Å². The predicted octanol–water partition coefficient (Wildman–Crippen LogP) is 6.26. The zero-order chi connectivity index (χ0) is 34.0. The Bertz CT molecular complexity index is 1860. The Balaban J connectivity index is 1.42. The maximum absolute atomic E-state index is 13.4. The van der Waals surface area contributed by atoms with Gasteiger partial charge in [0.15, 0.2) is 0 Å². The minimum absolute atomic E-state index is 0.0960. The molecular weight excluding hydrogens is 606 g/mol. The Hall–Kier alpha value is -5.90. The van der Waals surface area contributed by atoms with Crippen LogP contribution >= 0.6 is 0 Å². The number of nitrogens with one attached hydrogen (secondary N) is 1. The summed E-state index contributed by atoms with van der Waals surface area (Å²) >= 11 is 0. The number of hydrogen-bond donors (Lipinski definition) is 1. The summed E-state index contributed by atoms with van der Waals surface area (Å²) in [6.45, 7) is 2.27. The van der Waals surface area contributed by atoms with E-state index in [9.17, 15) is 9.59 Å². The normalized spacial score (nSPS) is 11.1. The molecular formula is C38H39N5O5. The third-order valence-electron chi connectivity index (χ3n) is 7.63. The van der Waals surface area contributed by atoms with E-state index in [2.05, 4.69) is 10.3 Å². The second-order valence-corrected chi connectivity index (χ2v) is 11.2. The molecule has 0 saturated heterocycles. The van der Waals surface area contributed by atoms with E-state index in [-0.39, 0.29) is 18.2 Å². The minimum atomic E-state index is -0.160. The van der Waals surface area contributed by atoms with E-state index in [1.54, 1.807) is 45.3 Å². The maximum Gasteiger partial charge on any atom is 0.253 e. The number of methoxy groups -OCH3 is 2. The highest BCUT2D eigenvalue weighted by Crippen LogP contribution is 2.33. The molecule has 0 aliphatic carbocycles. The number of aryl methyl sites for hydroxylation is 1. The molecule has 0 aliphatic rings. The number of hydrogen-bond acceptors (Lipinski definition) is 7. The van der Waals surface area contributed by atoms with Gasteiger partial charge in [-0.1, -0.05) is 36.4 Å². The maximum atomic E-state index is 13.4. The molecule has 5 aromatic rings. The van der Waals surface area contributed by atoms with Crippen LogP contribution < -0.4 is 19.5 Å². The van der Waals surface area contributed by atoms with Crippen LogP contribution in [0.2, 0.25) is 0 Å². The first-order chi connectivity index (χ1) is 23.2. The van der Waals surface area contributed by atoms with E-state index in [0.29, 0.717) is 47.2 Å². The molecule has 0 atom stereocenters. The number of benzene rings is 3. The van der Waals surface area contributed by atoms with Gasteiger partial charge < -0.3 is 24.4 Å². The molecule has 246 valence electrons. The van der Waals surface area contributed by atoms with Crippen molar-refractivity contribution < 1.29 is 23.8 Å². The predicted molar refractivity (Wildman–Crippen MR) is 185 cm³/mol. The van der Waals surface area contributed by atoms with Crippen LogP contribution in [0.1, 0.15) is 34.5 Å². The molecule has 0 spiro atoms. The highest BCUT2D eigenvalue weighted by atomic mass is 16.5. The number of likely N-dealkylation sites (N-methyl/N-ethyl adjacent to an activating group) is 1. The second kappa shape index (κ2) is 15.6. The molecule has 3 aromatic carbocycles. The van der Waals surface area contributed by atoms with E-state index < -0.39 is 0 Å². The first-order valence-corrected chi connectivity index (χ1v) is 15.5. The fraction of sp³-hybridized carbons (Fsp3) is 0.211. The van der Waals surface area contributed by atoms with Gasteiger partial charge in [-0.25, -0.2) is 4.68 Å². The number of carbonyl (C=O) groups excluding carboxylic acids is 2. The molecule has 2 amide bonds. The van der Waals surface area contributed by atoms with Crippen molar-refractivity contribution in [1.29, 1.82) is 0 Å². The highest BCUT2D eigenvalue weighted by molar-refractivity contribution is 6.24. The quantitative estimate of drug-likeness (QED) is 0.119. The fourth-order valence-electron chi connectivity index (χ4n) is 5.10. The van der Waals surface area contributed by atoms with Gasteiger partial charge in [0.25, 0.3) is 5.91 Å². The number of carbonyl (C=O) groups is 2. The smallest absolute Gasteiger partial charge is 0.253 e. The summed E-state index contributed by atoms with van der Waals surface area (Å²) in [5, 5.41) is 7.72. The largest absolute Gasteiger partial charge is 0.497 e. The molecule has 5 rings (SSSR count). The zero-order valence-corrected chi connectivity index (χ0v) is 27.8. The van der Waals surface area contributed by atoms with Gasteiger partial charge in [0.05, 0.1) is 37.8 Å². The van der Waals surface area contributed by atoms with Crippen molar-refractivity contribution in [2.24, 2.45) is 0 Å². The van der Waals surface area contributed by atoms with Crippen molar-refractivity contribution in [3.05, 3.63) is 125 Å². The Labute approximate surface area is 280 Å². The molecule has 0 saturated carbocycles. The fourth-order valence-corrected chi connectivity index (χ4v) is 5.10. The van der Waals surface area contributed by atoms with Crippen LogP contribution in [-0.4, -0.2) is 59.8 Å². The molecule has 0 unspecified atom stereocenters. The molecule has 48 heavy (non-hydrogen) atoms. The van der Waals surface area contributed by atoms with Crippen LogP contribution in [-0.2, 0) is 22.6 Å². The second-order valence-electron chi connectivity index (χ2n) is 11.2. The number of nitrogens with zero attached hydrogens (tertiary/aromatic N) is 4. The lowest BCUT2D eigenvalue weighted by molar-refractivity contribution is -0.122. The van der Waals surface area contributed by atoms with Crippen molar-refractivity contribution in [3.63, 3.8) is 0 Å². The van der Waals surface area contributed by atoms with Crippen LogP contribution in [0.15, 0.2) is 97.2 Å². The molecule has 0 bridgehead atoms. The molecule has 10 nitrogen and oxygen atoms in total. The van der Waals surface area contributed by atoms with Crippen molar-refractivity contribution in [2.75, 3.05) is 28.3 Å². The minimum Gasteiger partial charge on any atom is -0.497 e. The van der Waals surface area contributed by atoms with Crippen molar-refractivity contribution in [3.8, 4) is 28.8 Å². The Morgan fingerprint density at radius 2 is 1.56 bits per heavy atom. The first-order valence-electron chi connectivity index (χ1n) is 15.5. The average molecular weight is 646 g/mol. The molecule has 0 radical (unpaired) electrons. The number of rotatable bonds is 13. The average Bonchev–Trinajstić information content (AvgIpc) is 3.43. The standard InChI is InChI=1S/C38H39N5O5/c1-26-34(18-19-36(44)40-25-29-11-9-10-20-39-29)38(43(41-26)30-12-7-6-8-13-30)48-31-16-14-28(15-17-31)35(37(45)42(2)3)23-27-21-32(46-4)24-33(22-27)47-5/h6-17,20-24H,18-19,25H2,1-5H3,(H,40,44). The molecule has 2 aromatic heterocycles. The summed E-state index contributed by atoms with van der Waals surface area (Å²) in [5.41, 5.74) is 5.16. The lowest BCUT2D eigenvalue weighted by atomic mass is 10.0. The molecule has 0 fully saturated rings. The van der Waals surface area contributed by atoms with Crippen molar-refractivity contribution >= 4 is 23.5 Å². The number of pyridine rings is 1. The molecule has 1 N–H and O–H groups in total. The van der Waals surface area contributed by atoms with Gasteiger partial charge in [0.2, 0.25) is 11.8 Å². The topological polar surface area (TPSA) is 108 Å².